The van der Waals surface area contributed by atoms with Gasteiger partial charge in [0.2, 0.25) is 5.91 Å². The number of hydrogen-bond donors (Lipinski definition) is 2. The summed E-state index contributed by atoms with van der Waals surface area (Å²) in [5.74, 6) is -0.667. The third kappa shape index (κ3) is 4.39. The van der Waals surface area contributed by atoms with Crippen LogP contribution in [-0.4, -0.2) is 16.7 Å². The average molecular weight is 327 g/mol. The molecule has 0 saturated carbocycles. The summed E-state index contributed by atoms with van der Waals surface area (Å²) >= 11 is 0. The Balaban J connectivity index is 2.05. The minimum atomic E-state index is -0.553. The van der Waals surface area contributed by atoms with Crippen LogP contribution in [0.4, 0.5) is 17.1 Å². The van der Waals surface area contributed by atoms with Crippen molar-refractivity contribution >= 4 is 28.9 Å². The maximum absolute atomic E-state index is 12.1. The lowest BCUT2D eigenvalue weighted by atomic mass is 10.1. The molecular weight excluding hydrogens is 310 g/mol. The summed E-state index contributed by atoms with van der Waals surface area (Å²) in [5.41, 5.74) is 1.20. The molecule has 0 aromatic heterocycles. The van der Waals surface area contributed by atoms with Crippen LogP contribution in [0.1, 0.15) is 24.2 Å². The fourth-order valence-corrected chi connectivity index (χ4v) is 1.89. The second kappa shape index (κ2) is 7.36. The molecule has 0 aliphatic carbocycles. The normalized spacial score (nSPS) is 10.3. The van der Waals surface area contributed by atoms with Crippen molar-refractivity contribution in [1.82, 2.24) is 0 Å². The molecule has 2 amide bonds. The van der Waals surface area contributed by atoms with Gasteiger partial charge >= 0.3 is 0 Å². The lowest BCUT2D eigenvalue weighted by molar-refractivity contribution is -0.384. The second-order valence-corrected chi connectivity index (χ2v) is 5.48. The summed E-state index contributed by atoms with van der Waals surface area (Å²) in [7, 11) is 0. The molecule has 7 nitrogen and oxygen atoms in total. The van der Waals surface area contributed by atoms with Crippen LogP contribution in [-0.2, 0) is 4.79 Å². The van der Waals surface area contributed by atoms with Crippen molar-refractivity contribution in [3.63, 3.8) is 0 Å². The molecule has 7 heteroatoms. The van der Waals surface area contributed by atoms with Crippen LogP contribution in [0.15, 0.2) is 48.5 Å². The number of hydrogen-bond acceptors (Lipinski definition) is 4. The molecule has 2 aromatic rings. The van der Waals surface area contributed by atoms with Crippen LogP contribution >= 0.6 is 0 Å². The highest BCUT2D eigenvalue weighted by Crippen LogP contribution is 2.17. The van der Waals surface area contributed by atoms with E-state index in [1.54, 1.807) is 38.1 Å². The Labute approximate surface area is 138 Å². The highest BCUT2D eigenvalue weighted by molar-refractivity contribution is 6.04. The number of carbonyl (C=O) groups is 2. The van der Waals surface area contributed by atoms with Crippen LogP contribution in [0.2, 0.25) is 0 Å². The number of non-ortho nitro benzene ring substituents is 1. The maximum atomic E-state index is 12.1. The first-order valence-electron chi connectivity index (χ1n) is 7.33. The lowest BCUT2D eigenvalue weighted by Crippen LogP contribution is -2.17. The van der Waals surface area contributed by atoms with Crippen molar-refractivity contribution < 1.29 is 14.5 Å². The Kier molecular flexibility index (Phi) is 5.26. The van der Waals surface area contributed by atoms with Gasteiger partial charge in [0, 0.05) is 35.0 Å². The van der Waals surface area contributed by atoms with Gasteiger partial charge in [-0.15, -0.1) is 0 Å². The lowest BCUT2D eigenvalue weighted by Gasteiger charge is -2.09. The van der Waals surface area contributed by atoms with Crippen LogP contribution in [0.25, 0.3) is 0 Å². The highest BCUT2D eigenvalue weighted by atomic mass is 16.6. The number of nitro groups is 1. The molecule has 0 aliphatic heterocycles. The minimum Gasteiger partial charge on any atom is -0.326 e. The largest absolute Gasteiger partial charge is 0.326 e. The molecule has 0 aliphatic rings. The van der Waals surface area contributed by atoms with Crippen LogP contribution < -0.4 is 10.6 Å². The minimum absolute atomic E-state index is 0.0941. The molecule has 24 heavy (non-hydrogen) atoms. The smallest absolute Gasteiger partial charge is 0.270 e. The number of nitro benzene ring substituents is 1. The van der Waals surface area contributed by atoms with Gasteiger partial charge in [0.1, 0.15) is 0 Å². The third-order valence-electron chi connectivity index (χ3n) is 3.25. The van der Waals surface area contributed by atoms with E-state index in [-0.39, 0.29) is 23.1 Å². The van der Waals surface area contributed by atoms with E-state index in [1.807, 2.05) is 0 Å². The molecule has 0 radical (unpaired) electrons. The van der Waals surface area contributed by atoms with Crippen molar-refractivity contribution in [3.05, 3.63) is 64.2 Å². The molecular formula is C17H17N3O4. The Morgan fingerprint density at radius 2 is 1.58 bits per heavy atom. The van der Waals surface area contributed by atoms with E-state index >= 15 is 0 Å². The van der Waals surface area contributed by atoms with Crippen molar-refractivity contribution in [1.29, 1.82) is 0 Å². The van der Waals surface area contributed by atoms with Gasteiger partial charge in [-0.25, -0.2) is 0 Å². The summed E-state index contributed by atoms with van der Waals surface area (Å²) in [6.45, 7) is 3.59. The Morgan fingerprint density at radius 3 is 2.12 bits per heavy atom. The zero-order valence-electron chi connectivity index (χ0n) is 13.3. The van der Waals surface area contributed by atoms with E-state index in [0.717, 1.165) is 0 Å². The SMILES string of the molecule is CC(C)C(=O)Nc1ccc(NC(=O)c2cccc([N+](=O)[O-])c2)cc1. The maximum Gasteiger partial charge on any atom is 0.270 e. The number of anilines is 2. The number of nitrogens with one attached hydrogen (secondary N) is 2. The van der Waals surface area contributed by atoms with Crippen molar-refractivity contribution in [2.45, 2.75) is 13.8 Å². The van der Waals surface area contributed by atoms with Gasteiger partial charge in [-0.3, -0.25) is 19.7 Å². The summed E-state index contributed by atoms with van der Waals surface area (Å²) in [4.78, 5) is 33.9. The van der Waals surface area contributed by atoms with E-state index in [2.05, 4.69) is 10.6 Å². The van der Waals surface area contributed by atoms with Gasteiger partial charge < -0.3 is 10.6 Å². The summed E-state index contributed by atoms with van der Waals surface area (Å²) < 4.78 is 0. The summed E-state index contributed by atoms with van der Waals surface area (Å²) in [6, 6.07) is 12.1. The second-order valence-electron chi connectivity index (χ2n) is 5.48. The Bertz CT molecular complexity index is 770. The standard InChI is InChI=1S/C17H17N3O4/c1-11(2)16(21)18-13-6-8-14(9-7-13)19-17(22)12-4-3-5-15(10-12)20(23)24/h3-11H,1-2H3,(H,18,21)(H,19,22). The highest BCUT2D eigenvalue weighted by Gasteiger charge is 2.12. The molecule has 0 saturated heterocycles. The van der Waals surface area contributed by atoms with Gasteiger partial charge in [-0.2, -0.15) is 0 Å². The molecule has 0 heterocycles. The van der Waals surface area contributed by atoms with Crippen LogP contribution in [0.3, 0.4) is 0 Å². The first-order chi connectivity index (χ1) is 11.4. The van der Waals surface area contributed by atoms with Gasteiger partial charge in [-0.05, 0) is 30.3 Å². The molecule has 0 fully saturated rings. The predicted octanol–water partition coefficient (Wildman–Crippen LogP) is 3.44. The molecule has 2 aromatic carbocycles. The van der Waals surface area contributed by atoms with E-state index in [0.29, 0.717) is 11.4 Å². The zero-order chi connectivity index (χ0) is 17.7. The Hall–Kier alpha value is -3.22. The van der Waals surface area contributed by atoms with Crippen molar-refractivity contribution in [2.75, 3.05) is 10.6 Å². The average Bonchev–Trinajstić information content (AvgIpc) is 2.56. The predicted molar refractivity (Wildman–Crippen MR) is 91.0 cm³/mol. The molecule has 0 bridgehead atoms. The quantitative estimate of drug-likeness (QED) is 0.648. The summed E-state index contributed by atoms with van der Waals surface area (Å²) in [5, 5.41) is 16.1. The number of benzene rings is 2. The fourth-order valence-electron chi connectivity index (χ4n) is 1.89. The molecule has 2 rings (SSSR count). The van der Waals surface area contributed by atoms with Crippen molar-refractivity contribution in [3.8, 4) is 0 Å². The Morgan fingerprint density at radius 1 is 1.00 bits per heavy atom. The molecule has 124 valence electrons. The fraction of sp³-hybridized carbons (Fsp3) is 0.176. The van der Waals surface area contributed by atoms with Gasteiger partial charge in [0.05, 0.1) is 4.92 Å². The number of nitrogens with zero attached hydrogens (tertiary/aromatic N) is 1. The zero-order valence-corrected chi connectivity index (χ0v) is 13.3. The van der Waals surface area contributed by atoms with Crippen LogP contribution in [0, 0.1) is 16.0 Å². The van der Waals surface area contributed by atoms with Gasteiger partial charge in [0.25, 0.3) is 11.6 Å². The monoisotopic (exact) mass is 327 g/mol. The summed E-state index contributed by atoms with van der Waals surface area (Å²) in [6.07, 6.45) is 0. The van der Waals surface area contributed by atoms with E-state index in [4.69, 9.17) is 0 Å². The number of carbonyl (C=O) groups excluding carboxylic acids is 2. The third-order valence-corrected chi connectivity index (χ3v) is 3.25. The molecule has 2 N–H and O–H groups in total. The van der Waals surface area contributed by atoms with Crippen molar-refractivity contribution in [2.24, 2.45) is 5.92 Å². The van der Waals surface area contributed by atoms with E-state index in [1.165, 1.54) is 24.3 Å². The molecule has 0 atom stereocenters. The van der Waals surface area contributed by atoms with Crippen LogP contribution in [0.5, 0.6) is 0 Å². The van der Waals surface area contributed by atoms with E-state index < -0.39 is 10.8 Å². The number of rotatable bonds is 5. The first kappa shape index (κ1) is 17.1. The molecule has 0 spiro atoms. The van der Waals surface area contributed by atoms with Gasteiger partial charge in [0.15, 0.2) is 0 Å². The molecule has 0 unspecified atom stereocenters. The topological polar surface area (TPSA) is 101 Å². The number of amides is 2. The van der Waals surface area contributed by atoms with Gasteiger partial charge in [-0.1, -0.05) is 19.9 Å². The first-order valence-corrected chi connectivity index (χ1v) is 7.33. The van der Waals surface area contributed by atoms with E-state index in [9.17, 15) is 19.7 Å².